The van der Waals surface area contributed by atoms with Crippen LogP contribution in [0.2, 0.25) is 0 Å². The van der Waals surface area contributed by atoms with E-state index >= 15 is 0 Å². The molecule has 0 saturated carbocycles. The maximum Gasteiger partial charge on any atom is 0.252 e. The number of hydrogen-bond acceptors (Lipinski definition) is 4. The molecule has 1 aromatic heterocycles. The lowest BCUT2D eigenvalue weighted by Crippen LogP contribution is -2.28. The van der Waals surface area contributed by atoms with Gasteiger partial charge in [-0.1, -0.05) is 0 Å². The lowest BCUT2D eigenvalue weighted by atomic mass is 10.3. The molecule has 0 aliphatic carbocycles. The largest absolute Gasteiger partial charge is 0.272 e. The average Bonchev–Trinajstić information content (AvgIpc) is 2.75. The molecule has 0 bridgehead atoms. The van der Waals surface area contributed by atoms with Crippen molar-refractivity contribution in [2.24, 2.45) is 0 Å². The molecule has 4 nitrogen and oxygen atoms in total. The topological polar surface area (TPSA) is 42.4 Å². The third kappa shape index (κ3) is 2.10. The molecule has 1 saturated heterocycles. The van der Waals surface area contributed by atoms with Crippen LogP contribution in [0.1, 0.15) is 17.1 Å². The van der Waals surface area contributed by atoms with Crippen molar-refractivity contribution in [3.8, 4) is 0 Å². The molecule has 14 heavy (non-hydrogen) atoms. The fourth-order valence-corrected chi connectivity index (χ4v) is 1.99. The Kier molecular flexibility index (Phi) is 2.79. The van der Waals surface area contributed by atoms with E-state index in [1.54, 1.807) is 11.3 Å². The maximum absolute atomic E-state index is 11.6. The van der Waals surface area contributed by atoms with Crippen molar-refractivity contribution in [3.05, 3.63) is 16.1 Å². The third-order valence-corrected chi connectivity index (χ3v) is 2.85. The average molecular weight is 212 g/mol. The Morgan fingerprint density at radius 2 is 2.64 bits per heavy atom. The van der Waals surface area contributed by atoms with Crippen molar-refractivity contribution in [2.45, 2.75) is 19.8 Å². The number of carbonyl (C=O) groups excluding carboxylic acids is 1. The fourth-order valence-electron chi connectivity index (χ4n) is 1.38. The summed E-state index contributed by atoms with van der Waals surface area (Å²) in [6.07, 6.45) is 1.28. The van der Waals surface area contributed by atoms with E-state index in [0.717, 1.165) is 17.1 Å². The summed E-state index contributed by atoms with van der Waals surface area (Å²) in [5.41, 5.74) is 0.841. The number of thiazole rings is 1. The third-order valence-electron chi connectivity index (χ3n) is 2.03. The van der Waals surface area contributed by atoms with Gasteiger partial charge in [-0.3, -0.25) is 9.63 Å². The lowest BCUT2D eigenvalue weighted by Gasteiger charge is -2.12. The Hall–Kier alpha value is -0.940. The zero-order chi connectivity index (χ0) is 9.97. The second-order valence-corrected chi connectivity index (χ2v) is 4.28. The van der Waals surface area contributed by atoms with Crippen molar-refractivity contribution in [1.82, 2.24) is 10.0 Å². The summed E-state index contributed by atoms with van der Waals surface area (Å²) >= 11 is 1.57. The molecule has 1 fully saturated rings. The Balaban J connectivity index is 1.93. The molecular weight excluding hydrogens is 200 g/mol. The number of nitrogens with zero attached hydrogens (tertiary/aromatic N) is 2. The summed E-state index contributed by atoms with van der Waals surface area (Å²) in [5, 5.41) is 4.35. The molecule has 0 N–H and O–H groups in total. The van der Waals surface area contributed by atoms with Gasteiger partial charge in [0.05, 0.1) is 30.3 Å². The van der Waals surface area contributed by atoms with Gasteiger partial charge in [0.1, 0.15) is 0 Å². The van der Waals surface area contributed by atoms with E-state index in [4.69, 9.17) is 4.84 Å². The first-order valence-electron chi connectivity index (χ1n) is 4.60. The second-order valence-electron chi connectivity index (χ2n) is 3.22. The van der Waals surface area contributed by atoms with Crippen molar-refractivity contribution in [3.63, 3.8) is 0 Å². The molecule has 1 amide bonds. The number of amides is 1. The van der Waals surface area contributed by atoms with Crippen LogP contribution < -0.4 is 0 Å². The Labute approximate surface area is 86.5 Å². The maximum atomic E-state index is 11.6. The van der Waals surface area contributed by atoms with Crippen LogP contribution in [0.25, 0.3) is 0 Å². The molecule has 1 aliphatic rings. The van der Waals surface area contributed by atoms with E-state index in [-0.39, 0.29) is 5.91 Å². The molecule has 1 aliphatic heterocycles. The molecule has 0 aromatic carbocycles. The second kappa shape index (κ2) is 4.06. The molecule has 76 valence electrons. The van der Waals surface area contributed by atoms with Crippen molar-refractivity contribution in [2.75, 3.05) is 13.2 Å². The van der Waals surface area contributed by atoms with Crippen LogP contribution in [-0.2, 0) is 16.1 Å². The van der Waals surface area contributed by atoms with E-state index in [2.05, 4.69) is 4.98 Å². The van der Waals surface area contributed by atoms with Gasteiger partial charge in [0.15, 0.2) is 0 Å². The predicted octanol–water partition coefficient (Wildman–Crippen LogP) is 1.16. The Morgan fingerprint density at radius 1 is 1.79 bits per heavy atom. The van der Waals surface area contributed by atoms with Crippen molar-refractivity contribution >= 4 is 17.2 Å². The zero-order valence-corrected chi connectivity index (χ0v) is 8.84. The minimum atomic E-state index is 0.00722. The summed E-state index contributed by atoms with van der Waals surface area (Å²) in [6, 6.07) is 0. The minimum absolute atomic E-state index is 0.00722. The first kappa shape index (κ1) is 9.61. The fraction of sp³-hybridized carbons (Fsp3) is 0.556. The molecule has 0 atom stereocenters. The summed E-state index contributed by atoms with van der Waals surface area (Å²) in [6.45, 7) is 3.30. The highest BCUT2D eigenvalue weighted by Gasteiger charge is 2.19. The molecule has 0 spiro atoms. The smallest absolute Gasteiger partial charge is 0.252 e. The van der Waals surface area contributed by atoms with Gasteiger partial charge in [0.2, 0.25) is 0 Å². The zero-order valence-electron chi connectivity index (χ0n) is 8.02. The van der Waals surface area contributed by atoms with Gasteiger partial charge in [-0.15, -0.1) is 11.3 Å². The molecule has 2 heterocycles. The Bertz CT molecular complexity index is 331. The standard InChI is InChI=1S/C9H12N2O2S/c1-7-10-8(6-14-7)5-9(12)11-3-2-4-13-11/h6H,2-5H2,1H3. The van der Waals surface area contributed by atoms with Crippen molar-refractivity contribution < 1.29 is 9.63 Å². The van der Waals surface area contributed by atoms with E-state index in [0.29, 0.717) is 19.6 Å². The van der Waals surface area contributed by atoms with Gasteiger partial charge in [-0.2, -0.15) is 0 Å². The first-order chi connectivity index (χ1) is 6.75. The lowest BCUT2D eigenvalue weighted by molar-refractivity contribution is -0.167. The number of aromatic nitrogens is 1. The normalized spacial score (nSPS) is 16.2. The van der Waals surface area contributed by atoms with E-state index < -0.39 is 0 Å². The monoisotopic (exact) mass is 212 g/mol. The number of hydroxylamine groups is 2. The summed E-state index contributed by atoms with van der Waals surface area (Å²) in [7, 11) is 0. The van der Waals surface area contributed by atoms with Gasteiger partial charge < -0.3 is 0 Å². The van der Waals surface area contributed by atoms with Crippen LogP contribution in [0.4, 0.5) is 0 Å². The van der Waals surface area contributed by atoms with Gasteiger partial charge >= 0.3 is 0 Å². The summed E-state index contributed by atoms with van der Waals surface area (Å²) in [5.74, 6) is 0.00722. The van der Waals surface area contributed by atoms with Crippen molar-refractivity contribution in [1.29, 1.82) is 0 Å². The van der Waals surface area contributed by atoms with Crippen LogP contribution in [0.5, 0.6) is 0 Å². The van der Waals surface area contributed by atoms with Crippen LogP contribution in [-0.4, -0.2) is 29.1 Å². The van der Waals surface area contributed by atoms with E-state index in [1.165, 1.54) is 5.06 Å². The van der Waals surface area contributed by atoms with Crippen LogP contribution in [0.15, 0.2) is 5.38 Å². The number of carbonyl (C=O) groups is 1. The molecular formula is C9H12N2O2S. The van der Waals surface area contributed by atoms with Crippen LogP contribution in [0.3, 0.4) is 0 Å². The highest BCUT2D eigenvalue weighted by Crippen LogP contribution is 2.11. The SMILES string of the molecule is Cc1nc(CC(=O)N2CCCO2)cs1. The van der Waals surface area contributed by atoms with E-state index in [9.17, 15) is 4.79 Å². The van der Waals surface area contributed by atoms with Gasteiger partial charge in [0, 0.05) is 5.38 Å². The van der Waals surface area contributed by atoms with Gasteiger partial charge in [-0.05, 0) is 13.3 Å². The van der Waals surface area contributed by atoms with Crippen LogP contribution >= 0.6 is 11.3 Å². The van der Waals surface area contributed by atoms with E-state index in [1.807, 2.05) is 12.3 Å². The van der Waals surface area contributed by atoms with Crippen LogP contribution in [0, 0.1) is 6.92 Å². The van der Waals surface area contributed by atoms with Gasteiger partial charge in [-0.25, -0.2) is 10.0 Å². The molecule has 0 radical (unpaired) electrons. The molecule has 2 rings (SSSR count). The van der Waals surface area contributed by atoms with Gasteiger partial charge in [0.25, 0.3) is 5.91 Å². The first-order valence-corrected chi connectivity index (χ1v) is 5.48. The molecule has 0 unspecified atom stereocenters. The highest BCUT2D eigenvalue weighted by molar-refractivity contribution is 7.09. The minimum Gasteiger partial charge on any atom is -0.272 e. The predicted molar refractivity (Wildman–Crippen MR) is 52.8 cm³/mol. The summed E-state index contributed by atoms with van der Waals surface area (Å²) < 4.78 is 0. The summed E-state index contributed by atoms with van der Waals surface area (Å²) in [4.78, 5) is 21.0. The highest BCUT2D eigenvalue weighted by atomic mass is 32.1. The number of aryl methyl sites for hydroxylation is 1. The quantitative estimate of drug-likeness (QED) is 0.738. The molecule has 1 aromatic rings. The molecule has 5 heteroatoms. The number of hydrogen-bond donors (Lipinski definition) is 0. The number of rotatable bonds is 2. The Morgan fingerprint density at radius 3 is 3.21 bits per heavy atom.